The summed E-state index contributed by atoms with van der Waals surface area (Å²) < 4.78 is 0. The molecule has 0 aliphatic heterocycles. The molecular formula is C3H12Si. The van der Waals surface area contributed by atoms with Crippen molar-refractivity contribution in [3.8, 4) is 0 Å². The van der Waals surface area contributed by atoms with E-state index in [9.17, 15) is 0 Å². The Hall–Kier alpha value is -0.0431. The van der Waals surface area contributed by atoms with Gasteiger partial charge < -0.3 is 0 Å². The molecule has 0 fully saturated rings. The van der Waals surface area contributed by atoms with E-state index < -0.39 is 0 Å². The van der Waals surface area contributed by atoms with Crippen molar-refractivity contribution in [3.05, 3.63) is 13.2 Å². The van der Waals surface area contributed by atoms with Gasteiger partial charge in [0.2, 0.25) is 0 Å². The average Bonchev–Trinajstić information content (AvgIpc) is 1.00. The molecular weight excluding hydrogens is 64.1 g/mol. The van der Waals surface area contributed by atoms with Gasteiger partial charge in [0.15, 0.2) is 0 Å². The SMILES string of the molecule is C.C=C.[SiH4]. The molecule has 0 aromatic rings. The highest BCUT2D eigenvalue weighted by atomic mass is 28.1. The van der Waals surface area contributed by atoms with E-state index in [2.05, 4.69) is 13.2 Å². The van der Waals surface area contributed by atoms with Crippen LogP contribution in [0.15, 0.2) is 13.2 Å². The van der Waals surface area contributed by atoms with E-state index in [1.54, 1.807) is 0 Å². The van der Waals surface area contributed by atoms with Gasteiger partial charge in [-0.05, 0) is 11.0 Å². The van der Waals surface area contributed by atoms with Crippen molar-refractivity contribution in [2.75, 3.05) is 0 Å². The third-order valence-corrected chi connectivity index (χ3v) is 0. The van der Waals surface area contributed by atoms with Crippen LogP contribution in [0.2, 0.25) is 0 Å². The highest BCUT2D eigenvalue weighted by Gasteiger charge is 0.601. The van der Waals surface area contributed by atoms with Crippen LogP contribution in [0.3, 0.4) is 0 Å². The van der Waals surface area contributed by atoms with Gasteiger partial charge >= 0.3 is 0 Å². The summed E-state index contributed by atoms with van der Waals surface area (Å²) in [4.78, 5) is 0. The molecule has 0 nitrogen and oxygen atoms in total. The fourth-order valence-corrected chi connectivity index (χ4v) is 0. The third kappa shape index (κ3) is 964. The topological polar surface area (TPSA) is 0 Å². The van der Waals surface area contributed by atoms with Crippen molar-refractivity contribution in [1.82, 2.24) is 0 Å². The molecule has 0 aromatic heterocycles. The van der Waals surface area contributed by atoms with E-state index in [4.69, 9.17) is 0 Å². The summed E-state index contributed by atoms with van der Waals surface area (Å²) in [6, 6.07) is 0. The van der Waals surface area contributed by atoms with Gasteiger partial charge in [0.05, 0.1) is 0 Å². The zero-order valence-corrected chi connectivity index (χ0v) is 1.41. The Morgan fingerprint density at radius 2 is 1.00 bits per heavy atom. The molecule has 28 valence electrons. The van der Waals surface area contributed by atoms with E-state index in [0.29, 0.717) is 0 Å². The van der Waals surface area contributed by atoms with Crippen LogP contribution >= 0.6 is 0 Å². The summed E-state index contributed by atoms with van der Waals surface area (Å²) in [5.74, 6) is 0. The number of hydrogen-bond donors (Lipinski definition) is 0. The van der Waals surface area contributed by atoms with Gasteiger partial charge in [-0.25, -0.2) is 0 Å². The van der Waals surface area contributed by atoms with E-state index in [1.165, 1.54) is 0 Å². The van der Waals surface area contributed by atoms with Gasteiger partial charge in [-0.3, -0.25) is 0 Å². The predicted octanol–water partition coefficient (Wildman–Crippen LogP) is -0.0133. The summed E-state index contributed by atoms with van der Waals surface area (Å²) in [5.41, 5.74) is 0. The van der Waals surface area contributed by atoms with Gasteiger partial charge in [0.25, 0.3) is 0 Å². The summed E-state index contributed by atoms with van der Waals surface area (Å²) in [5, 5.41) is 0. The molecule has 1 heteroatoms. The minimum absolute atomic E-state index is 0. The molecule has 0 aromatic carbocycles. The van der Waals surface area contributed by atoms with Crippen molar-refractivity contribution in [1.29, 1.82) is 0 Å². The number of rotatable bonds is 0. The Morgan fingerprint density at radius 3 is 1.00 bits per heavy atom. The molecule has 0 unspecified atom stereocenters. The Balaban J connectivity index is -0.00000000500. The molecule has 0 saturated carbocycles. The minimum atomic E-state index is 0. The maximum Gasteiger partial charge on any atom is -0.0149 e. The van der Waals surface area contributed by atoms with Crippen LogP contribution in [0, 0.1) is 0 Å². The smallest absolute Gasteiger partial charge is 0.0149 e. The van der Waals surface area contributed by atoms with Crippen molar-refractivity contribution in [3.63, 3.8) is 0 Å². The molecule has 0 spiro atoms. The second-order valence-electron chi connectivity index (χ2n) is 0. The quantitative estimate of drug-likeness (QED) is 0.281. The Kier molecular flexibility index (Phi) is 57500. The standard InChI is InChI=1S/C2H4.CH4.H4Si/c1-2;;/h1-2H2;2*1H4. The maximum atomic E-state index is 3.00. The van der Waals surface area contributed by atoms with E-state index in [1.807, 2.05) is 0 Å². The first kappa shape index (κ1) is 37.8. The monoisotopic (exact) mass is 76.1 g/mol. The van der Waals surface area contributed by atoms with E-state index >= 15 is 0 Å². The van der Waals surface area contributed by atoms with Crippen molar-refractivity contribution >= 4 is 11.0 Å². The van der Waals surface area contributed by atoms with Crippen molar-refractivity contribution in [2.45, 2.75) is 7.43 Å². The molecule has 4 heavy (non-hydrogen) atoms. The fraction of sp³-hybridized carbons (Fsp3) is 0.333. The van der Waals surface area contributed by atoms with Gasteiger partial charge in [-0.2, -0.15) is 0 Å². The lowest BCUT2D eigenvalue weighted by Gasteiger charge is -0.813. The first-order chi connectivity index (χ1) is 1.00. The fourth-order valence-electron chi connectivity index (χ4n) is 0. The van der Waals surface area contributed by atoms with E-state index in [0.717, 1.165) is 0 Å². The van der Waals surface area contributed by atoms with Crippen LogP contribution in [0.5, 0.6) is 0 Å². The largest absolute Gasteiger partial charge is 0.106 e. The highest BCUT2D eigenvalue weighted by Crippen LogP contribution is 0.862. The lowest BCUT2D eigenvalue weighted by molar-refractivity contribution is 2.50. The Morgan fingerprint density at radius 1 is 1.00 bits per heavy atom. The molecule has 0 bridgehead atoms. The molecule has 0 aliphatic carbocycles. The summed E-state index contributed by atoms with van der Waals surface area (Å²) in [7, 11) is 0. The molecule has 0 saturated heterocycles. The molecule has 0 N–H and O–H groups in total. The van der Waals surface area contributed by atoms with Crippen molar-refractivity contribution in [2.24, 2.45) is 0 Å². The second kappa shape index (κ2) is 6090. The molecule has 0 atom stereocenters. The summed E-state index contributed by atoms with van der Waals surface area (Å²) in [6.45, 7) is 6.00. The maximum absolute atomic E-state index is 3.00. The highest BCUT2D eigenvalue weighted by molar-refractivity contribution is 5.75. The van der Waals surface area contributed by atoms with E-state index in [-0.39, 0.29) is 18.4 Å². The van der Waals surface area contributed by atoms with Gasteiger partial charge in [0.1, 0.15) is 0 Å². The van der Waals surface area contributed by atoms with Crippen LogP contribution in [-0.2, 0) is 0 Å². The third-order valence-electron chi connectivity index (χ3n) is 0. The molecule has 0 radical (unpaired) electrons. The van der Waals surface area contributed by atoms with Crippen LogP contribution < -0.4 is 0 Å². The molecule has 0 aliphatic rings. The van der Waals surface area contributed by atoms with Crippen LogP contribution in [0.25, 0.3) is 0 Å². The zero-order valence-electron chi connectivity index (χ0n) is 1.41. The van der Waals surface area contributed by atoms with Crippen LogP contribution in [-0.4, -0.2) is 11.0 Å². The lowest BCUT2D eigenvalue weighted by atomic mass is 11.3. The average molecular weight is 76.2 g/mol. The van der Waals surface area contributed by atoms with Crippen molar-refractivity contribution < 1.29 is 0 Å². The van der Waals surface area contributed by atoms with Crippen LogP contribution in [0.4, 0.5) is 0 Å². The normalized spacial score (nSPS) is 1.00. The van der Waals surface area contributed by atoms with Gasteiger partial charge in [0, 0.05) is 0 Å². The predicted molar refractivity (Wildman–Crippen MR) is 29.3 cm³/mol. The van der Waals surface area contributed by atoms with Gasteiger partial charge in [-0.1, -0.05) is 7.43 Å². The second-order valence-corrected chi connectivity index (χ2v) is 0. The Bertz CT molecular complexity index is 3.25. The summed E-state index contributed by atoms with van der Waals surface area (Å²) >= 11 is 0. The first-order valence-electron chi connectivity index (χ1n) is 0.500. The summed E-state index contributed by atoms with van der Waals surface area (Å²) in [6.07, 6.45) is 0. The van der Waals surface area contributed by atoms with Crippen LogP contribution in [0.1, 0.15) is 7.43 Å². The molecule has 0 rings (SSSR count). The zero-order chi connectivity index (χ0) is 2.00. The molecule has 0 heterocycles. The molecule has 0 amide bonds. The Labute approximate surface area is 32.6 Å². The minimum Gasteiger partial charge on any atom is -0.106 e. The first-order valence-corrected chi connectivity index (χ1v) is 0.500. The number of hydrogen-bond acceptors (Lipinski definition) is 0. The lowest BCUT2D eigenvalue weighted by Crippen LogP contribution is -0.552. The van der Waals surface area contributed by atoms with Gasteiger partial charge in [-0.15, -0.1) is 13.2 Å².